The van der Waals surface area contributed by atoms with E-state index in [0.29, 0.717) is 5.92 Å². The topological polar surface area (TPSA) is 31.4 Å². The molecule has 16 heavy (non-hydrogen) atoms. The minimum absolute atomic E-state index is 0.616. The molecule has 0 saturated carbocycles. The normalized spacial score (nSPS) is 17.3. The summed E-state index contributed by atoms with van der Waals surface area (Å²) in [6, 6.07) is 3.98. The molecule has 1 aliphatic rings. The van der Waals surface area contributed by atoms with Crippen LogP contribution in [0.25, 0.3) is 0 Å². The van der Waals surface area contributed by atoms with Crippen molar-refractivity contribution in [3.8, 4) is 5.88 Å². The van der Waals surface area contributed by atoms with E-state index >= 15 is 0 Å². The minimum atomic E-state index is 0.616. The molecule has 0 radical (unpaired) electrons. The first-order chi connectivity index (χ1) is 7.90. The molecule has 0 aromatic carbocycles. The number of pyridine rings is 1. The number of nitrogens with zero attached hydrogens (tertiary/aromatic N) is 1. The van der Waals surface area contributed by atoms with Crippen molar-refractivity contribution < 1.29 is 9.47 Å². The zero-order valence-electron chi connectivity index (χ0n) is 9.52. The van der Waals surface area contributed by atoms with Gasteiger partial charge in [0.25, 0.3) is 0 Å². The van der Waals surface area contributed by atoms with E-state index in [1.807, 2.05) is 18.4 Å². The van der Waals surface area contributed by atoms with Gasteiger partial charge in [0.2, 0.25) is 5.88 Å². The van der Waals surface area contributed by atoms with Crippen LogP contribution < -0.4 is 4.74 Å². The molecule has 2 heterocycles. The molecule has 3 nitrogen and oxygen atoms in total. The van der Waals surface area contributed by atoms with Crippen LogP contribution >= 0.6 is 11.8 Å². The van der Waals surface area contributed by atoms with Gasteiger partial charge in [0.05, 0.1) is 11.5 Å². The van der Waals surface area contributed by atoms with Gasteiger partial charge in [-0.3, -0.25) is 0 Å². The van der Waals surface area contributed by atoms with Gasteiger partial charge >= 0.3 is 0 Å². The highest BCUT2D eigenvalue weighted by Crippen LogP contribution is 2.25. The van der Waals surface area contributed by atoms with Crippen molar-refractivity contribution in [1.29, 1.82) is 0 Å². The van der Waals surface area contributed by atoms with Crippen LogP contribution in [0.5, 0.6) is 5.88 Å². The van der Waals surface area contributed by atoms with Crippen molar-refractivity contribution in [1.82, 2.24) is 4.98 Å². The van der Waals surface area contributed by atoms with E-state index in [9.17, 15) is 0 Å². The van der Waals surface area contributed by atoms with Crippen LogP contribution in [0.2, 0.25) is 0 Å². The van der Waals surface area contributed by atoms with Crippen molar-refractivity contribution in [2.24, 2.45) is 5.92 Å². The lowest BCUT2D eigenvalue weighted by atomic mass is 10.0. The van der Waals surface area contributed by atoms with Crippen LogP contribution in [0.1, 0.15) is 12.8 Å². The Balaban J connectivity index is 1.88. The average molecular weight is 239 g/mol. The molecule has 1 aromatic heterocycles. The summed E-state index contributed by atoms with van der Waals surface area (Å²) in [5, 5.41) is 0. The molecular formula is C12H17NO2S. The van der Waals surface area contributed by atoms with E-state index in [1.54, 1.807) is 18.0 Å². The number of hydrogen-bond acceptors (Lipinski definition) is 4. The van der Waals surface area contributed by atoms with Crippen molar-refractivity contribution in [3.63, 3.8) is 0 Å². The Morgan fingerprint density at radius 3 is 3.06 bits per heavy atom. The molecule has 0 unspecified atom stereocenters. The fourth-order valence-electron chi connectivity index (χ4n) is 1.75. The van der Waals surface area contributed by atoms with Crippen LogP contribution in [-0.2, 0) is 4.74 Å². The van der Waals surface area contributed by atoms with Crippen LogP contribution in [0.3, 0.4) is 0 Å². The molecule has 1 fully saturated rings. The van der Waals surface area contributed by atoms with Crippen molar-refractivity contribution in [3.05, 3.63) is 18.3 Å². The highest BCUT2D eigenvalue weighted by Gasteiger charge is 2.15. The standard InChI is InChI=1S/C12H17NO2S/c1-16-11-3-2-6-13-12(11)15-9-10-4-7-14-8-5-10/h2-3,6,10H,4-5,7-9H2,1H3. The Hall–Kier alpha value is -0.740. The average Bonchev–Trinajstić information content (AvgIpc) is 2.38. The molecule has 2 rings (SSSR count). The van der Waals surface area contributed by atoms with Gasteiger partial charge in [0, 0.05) is 19.4 Å². The number of rotatable bonds is 4. The fraction of sp³-hybridized carbons (Fsp3) is 0.583. The lowest BCUT2D eigenvalue weighted by Crippen LogP contribution is -2.21. The quantitative estimate of drug-likeness (QED) is 0.756. The lowest BCUT2D eigenvalue weighted by Gasteiger charge is -2.22. The molecule has 0 spiro atoms. The molecule has 0 bridgehead atoms. The van der Waals surface area contributed by atoms with E-state index in [1.165, 1.54) is 0 Å². The van der Waals surface area contributed by atoms with Gasteiger partial charge in [0.1, 0.15) is 0 Å². The predicted molar refractivity (Wildman–Crippen MR) is 65.1 cm³/mol. The highest BCUT2D eigenvalue weighted by atomic mass is 32.2. The molecular weight excluding hydrogens is 222 g/mol. The van der Waals surface area contributed by atoms with Crippen molar-refractivity contribution in [2.75, 3.05) is 26.1 Å². The summed E-state index contributed by atoms with van der Waals surface area (Å²) in [5.74, 6) is 1.38. The third-order valence-corrected chi connectivity index (χ3v) is 3.50. The fourth-order valence-corrected chi connectivity index (χ4v) is 2.25. The number of thioether (sulfide) groups is 1. The molecule has 88 valence electrons. The second-order valence-corrected chi connectivity index (χ2v) is 4.73. The minimum Gasteiger partial charge on any atom is -0.477 e. The molecule has 1 aliphatic heterocycles. The largest absolute Gasteiger partial charge is 0.477 e. The first-order valence-corrected chi connectivity index (χ1v) is 6.82. The maximum atomic E-state index is 5.78. The maximum absolute atomic E-state index is 5.78. The molecule has 0 aliphatic carbocycles. The molecule has 0 N–H and O–H groups in total. The molecule has 0 atom stereocenters. The smallest absolute Gasteiger partial charge is 0.227 e. The third kappa shape index (κ3) is 3.12. The van der Waals surface area contributed by atoms with Gasteiger partial charge in [-0.05, 0) is 37.1 Å². The van der Waals surface area contributed by atoms with Gasteiger partial charge < -0.3 is 9.47 Å². The van der Waals surface area contributed by atoms with E-state index in [-0.39, 0.29) is 0 Å². The second kappa shape index (κ2) is 6.11. The summed E-state index contributed by atoms with van der Waals surface area (Å²) in [6.07, 6.45) is 6.01. The van der Waals surface area contributed by atoms with E-state index in [0.717, 1.165) is 43.4 Å². The summed E-state index contributed by atoms with van der Waals surface area (Å²) in [6.45, 7) is 2.49. The molecule has 1 saturated heterocycles. The predicted octanol–water partition coefficient (Wildman–Crippen LogP) is 2.61. The third-order valence-electron chi connectivity index (χ3n) is 2.75. The SMILES string of the molecule is CSc1cccnc1OCC1CCOCC1. The van der Waals surface area contributed by atoms with Gasteiger partial charge in [0.15, 0.2) is 0 Å². The summed E-state index contributed by atoms with van der Waals surface area (Å²) in [4.78, 5) is 5.37. The van der Waals surface area contributed by atoms with Gasteiger partial charge in [-0.25, -0.2) is 4.98 Å². The summed E-state index contributed by atoms with van der Waals surface area (Å²) < 4.78 is 11.1. The Kier molecular flexibility index (Phi) is 4.48. The number of hydrogen-bond donors (Lipinski definition) is 0. The molecule has 0 amide bonds. The Labute approximate surface area is 101 Å². The summed E-state index contributed by atoms with van der Waals surface area (Å²) >= 11 is 1.67. The van der Waals surface area contributed by atoms with Crippen molar-refractivity contribution >= 4 is 11.8 Å². The van der Waals surface area contributed by atoms with E-state index in [2.05, 4.69) is 4.98 Å². The zero-order valence-corrected chi connectivity index (χ0v) is 10.3. The van der Waals surface area contributed by atoms with Crippen LogP contribution in [-0.4, -0.2) is 31.1 Å². The van der Waals surface area contributed by atoms with Gasteiger partial charge in [-0.15, -0.1) is 11.8 Å². The number of aromatic nitrogens is 1. The van der Waals surface area contributed by atoms with Crippen LogP contribution in [0.15, 0.2) is 23.2 Å². The van der Waals surface area contributed by atoms with E-state index in [4.69, 9.17) is 9.47 Å². The summed E-state index contributed by atoms with van der Waals surface area (Å²) in [5.41, 5.74) is 0. The van der Waals surface area contributed by atoms with Crippen LogP contribution in [0, 0.1) is 5.92 Å². The highest BCUT2D eigenvalue weighted by molar-refractivity contribution is 7.98. The molecule has 4 heteroatoms. The monoisotopic (exact) mass is 239 g/mol. The van der Waals surface area contributed by atoms with Gasteiger partial charge in [-0.1, -0.05) is 0 Å². The Bertz CT molecular complexity index is 327. The summed E-state index contributed by atoms with van der Waals surface area (Å²) in [7, 11) is 0. The maximum Gasteiger partial charge on any atom is 0.227 e. The second-order valence-electron chi connectivity index (χ2n) is 3.88. The first kappa shape index (κ1) is 11.7. The number of ether oxygens (including phenoxy) is 2. The van der Waals surface area contributed by atoms with Gasteiger partial charge in [-0.2, -0.15) is 0 Å². The van der Waals surface area contributed by atoms with Crippen LogP contribution in [0.4, 0.5) is 0 Å². The zero-order chi connectivity index (χ0) is 11.2. The first-order valence-electron chi connectivity index (χ1n) is 5.59. The van der Waals surface area contributed by atoms with E-state index < -0.39 is 0 Å². The Morgan fingerprint density at radius 2 is 2.31 bits per heavy atom. The molecule has 1 aromatic rings. The lowest BCUT2D eigenvalue weighted by molar-refractivity contribution is 0.0485. The van der Waals surface area contributed by atoms with Crippen molar-refractivity contribution in [2.45, 2.75) is 17.7 Å². The Morgan fingerprint density at radius 1 is 1.50 bits per heavy atom.